The van der Waals surface area contributed by atoms with E-state index in [1.807, 2.05) is 39.0 Å². The van der Waals surface area contributed by atoms with Gasteiger partial charge in [-0.05, 0) is 44.0 Å². The van der Waals surface area contributed by atoms with Crippen molar-refractivity contribution in [1.82, 2.24) is 10.2 Å². The van der Waals surface area contributed by atoms with Crippen molar-refractivity contribution in [2.24, 2.45) is 0 Å². The Hall–Kier alpha value is -1.76. The van der Waals surface area contributed by atoms with Crippen LogP contribution >= 0.6 is 35.0 Å². The van der Waals surface area contributed by atoms with Gasteiger partial charge in [-0.1, -0.05) is 54.4 Å². The van der Waals surface area contributed by atoms with Gasteiger partial charge >= 0.3 is 0 Å². The first-order valence-corrected chi connectivity index (χ1v) is 12.0. The number of nitrogens with zero attached hydrogens (tertiary/aromatic N) is 1. The Bertz CT molecular complexity index is 891. The van der Waals surface area contributed by atoms with E-state index in [0.29, 0.717) is 22.0 Å². The van der Waals surface area contributed by atoms with Gasteiger partial charge in [0.2, 0.25) is 11.8 Å². The van der Waals surface area contributed by atoms with Crippen LogP contribution in [-0.4, -0.2) is 34.6 Å². The van der Waals surface area contributed by atoms with Gasteiger partial charge in [-0.3, -0.25) is 9.59 Å². The lowest BCUT2D eigenvalue weighted by Gasteiger charge is -2.31. The van der Waals surface area contributed by atoms with Gasteiger partial charge in [-0.25, -0.2) is 4.39 Å². The molecule has 0 saturated heterocycles. The zero-order valence-electron chi connectivity index (χ0n) is 17.8. The number of thioether (sulfide) groups is 1. The summed E-state index contributed by atoms with van der Waals surface area (Å²) in [5, 5.41) is 3.75. The van der Waals surface area contributed by atoms with E-state index in [-0.39, 0.29) is 35.9 Å². The van der Waals surface area contributed by atoms with Crippen LogP contribution in [-0.2, 0) is 21.9 Å². The van der Waals surface area contributed by atoms with E-state index in [4.69, 9.17) is 23.2 Å². The highest BCUT2D eigenvalue weighted by Gasteiger charge is 2.29. The van der Waals surface area contributed by atoms with Gasteiger partial charge in [0.15, 0.2) is 0 Å². The Kier molecular flexibility index (Phi) is 10.1. The molecule has 0 aliphatic carbocycles. The summed E-state index contributed by atoms with van der Waals surface area (Å²) in [7, 11) is 0. The molecule has 31 heavy (non-hydrogen) atoms. The third kappa shape index (κ3) is 7.41. The number of halogens is 3. The van der Waals surface area contributed by atoms with E-state index in [2.05, 4.69) is 5.32 Å². The van der Waals surface area contributed by atoms with E-state index in [1.54, 1.807) is 23.1 Å². The molecule has 4 nitrogen and oxygen atoms in total. The second-order valence-electron chi connectivity index (χ2n) is 7.39. The molecule has 0 unspecified atom stereocenters. The molecule has 168 valence electrons. The first kappa shape index (κ1) is 25.5. The van der Waals surface area contributed by atoms with Gasteiger partial charge < -0.3 is 10.2 Å². The molecule has 1 atom stereocenters. The Morgan fingerprint density at radius 3 is 2.39 bits per heavy atom. The van der Waals surface area contributed by atoms with E-state index in [0.717, 1.165) is 5.56 Å². The summed E-state index contributed by atoms with van der Waals surface area (Å²) in [4.78, 5) is 27.5. The van der Waals surface area contributed by atoms with Gasteiger partial charge in [0.1, 0.15) is 11.9 Å². The molecule has 1 N–H and O–H groups in total. The molecule has 0 spiro atoms. The monoisotopic (exact) mass is 484 g/mol. The summed E-state index contributed by atoms with van der Waals surface area (Å²) in [6, 6.07) is 11.1. The van der Waals surface area contributed by atoms with Gasteiger partial charge in [0.05, 0.1) is 5.75 Å². The molecule has 2 aromatic carbocycles. The molecule has 0 saturated carbocycles. The van der Waals surface area contributed by atoms with Crippen molar-refractivity contribution in [2.45, 2.75) is 51.6 Å². The summed E-state index contributed by atoms with van der Waals surface area (Å²) >= 11 is 13.6. The molecule has 2 rings (SSSR count). The van der Waals surface area contributed by atoms with Crippen molar-refractivity contribution < 1.29 is 14.0 Å². The number of rotatable bonds is 10. The highest BCUT2D eigenvalue weighted by Crippen LogP contribution is 2.25. The van der Waals surface area contributed by atoms with Crippen LogP contribution in [0.2, 0.25) is 10.0 Å². The lowest BCUT2D eigenvalue weighted by Crippen LogP contribution is -2.51. The van der Waals surface area contributed by atoms with Gasteiger partial charge in [0, 0.05) is 33.9 Å². The predicted octanol–water partition coefficient (Wildman–Crippen LogP) is 5.70. The lowest BCUT2D eigenvalue weighted by atomic mass is 10.1. The van der Waals surface area contributed by atoms with Crippen molar-refractivity contribution in [3.8, 4) is 0 Å². The van der Waals surface area contributed by atoms with Crippen molar-refractivity contribution in [3.63, 3.8) is 0 Å². The number of hydrogen-bond donors (Lipinski definition) is 1. The number of hydrogen-bond acceptors (Lipinski definition) is 3. The van der Waals surface area contributed by atoms with Crippen LogP contribution in [0, 0.1) is 5.82 Å². The molecule has 2 amide bonds. The summed E-state index contributed by atoms with van der Waals surface area (Å²) in [6.07, 6.45) is 0.457. The second-order valence-corrected chi connectivity index (χ2v) is 9.19. The predicted molar refractivity (Wildman–Crippen MR) is 127 cm³/mol. The van der Waals surface area contributed by atoms with Crippen LogP contribution in [0.25, 0.3) is 0 Å². The SMILES string of the molecule is CC[C@H](C(=O)NC(C)C)N(Cc1ccccc1Cl)C(=O)CSCc1c(F)cccc1Cl. The topological polar surface area (TPSA) is 49.4 Å². The number of nitrogens with one attached hydrogen (secondary N) is 1. The molecule has 0 radical (unpaired) electrons. The molecule has 0 fully saturated rings. The number of carbonyl (C=O) groups excluding carboxylic acids is 2. The maximum atomic E-state index is 14.0. The fourth-order valence-corrected chi connectivity index (χ4v) is 4.55. The highest BCUT2D eigenvalue weighted by molar-refractivity contribution is 7.99. The fourth-order valence-electron chi connectivity index (χ4n) is 3.10. The summed E-state index contributed by atoms with van der Waals surface area (Å²) in [6.45, 7) is 5.82. The van der Waals surface area contributed by atoms with Crippen molar-refractivity contribution in [1.29, 1.82) is 0 Å². The number of benzene rings is 2. The van der Waals surface area contributed by atoms with Crippen LogP contribution in [0.3, 0.4) is 0 Å². The molecule has 0 bridgehead atoms. The van der Waals surface area contributed by atoms with Crippen LogP contribution in [0.15, 0.2) is 42.5 Å². The lowest BCUT2D eigenvalue weighted by molar-refractivity contribution is -0.139. The minimum Gasteiger partial charge on any atom is -0.352 e. The average molecular weight is 485 g/mol. The maximum absolute atomic E-state index is 14.0. The minimum atomic E-state index is -0.635. The standard InChI is InChI=1S/C23H27Cl2FN2O2S/c1-4-21(23(30)27-15(2)3)28(12-16-8-5-6-9-18(16)24)22(29)14-31-13-17-19(25)10-7-11-20(17)26/h5-11,15,21H,4,12-14H2,1-3H3,(H,27,30)/t21-/m1/s1. The first-order valence-electron chi connectivity index (χ1n) is 10.1. The number of amides is 2. The highest BCUT2D eigenvalue weighted by atomic mass is 35.5. The van der Waals surface area contributed by atoms with Crippen molar-refractivity contribution in [3.05, 3.63) is 69.5 Å². The fraction of sp³-hybridized carbons (Fsp3) is 0.391. The number of carbonyl (C=O) groups is 2. The zero-order chi connectivity index (χ0) is 23.0. The Labute approximate surface area is 197 Å². The summed E-state index contributed by atoms with van der Waals surface area (Å²) in [5.74, 6) is -0.487. The average Bonchev–Trinajstić information content (AvgIpc) is 2.70. The smallest absolute Gasteiger partial charge is 0.243 e. The van der Waals surface area contributed by atoms with Crippen molar-refractivity contribution in [2.75, 3.05) is 5.75 Å². The first-order chi connectivity index (χ1) is 14.7. The third-order valence-corrected chi connectivity index (χ3v) is 6.32. The molecule has 0 aromatic heterocycles. The molecule has 2 aromatic rings. The van der Waals surface area contributed by atoms with E-state index in [9.17, 15) is 14.0 Å². The molecular formula is C23H27Cl2FN2O2S. The van der Waals surface area contributed by atoms with Gasteiger partial charge in [-0.15, -0.1) is 11.8 Å². The molecule has 8 heteroatoms. The van der Waals surface area contributed by atoms with Crippen LogP contribution in [0.1, 0.15) is 38.3 Å². The van der Waals surface area contributed by atoms with Crippen LogP contribution in [0.5, 0.6) is 0 Å². The van der Waals surface area contributed by atoms with Gasteiger partial charge in [0.25, 0.3) is 0 Å². The molecule has 0 aliphatic heterocycles. The third-order valence-electron chi connectivity index (χ3n) is 4.65. The second kappa shape index (κ2) is 12.3. The van der Waals surface area contributed by atoms with Crippen LogP contribution in [0.4, 0.5) is 4.39 Å². The molecule has 0 aliphatic rings. The Morgan fingerprint density at radius 1 is 1.10 bits per heavy atom. The Morgan fingerprint density at radius 2 is 1.77 bits per heavy atom. The van der Waals surface area contributed by atoms with Crippen molar-refractivity contribution >= 4 is 46.8 Å². The quantitative estimate of drug-likeness (QED) is 0.470. The Balaban J connectivity index is 2.18. The normalized spacial score (nSPS) is 12.0. The summed E-state index contributed by atoms with van der Waals surface area (Å²) in [5.41, 5.74) is 1.12. The minimum absolute atomic E-state index is 0.0450. The molecular weight excluding hydrogens is 458 g/mol. The van der Waals surface area contributed by atoms with E-state index < -0.39 is 11.9 Å². The zero-order valence-corrected chi connectivity index (χ0v) is 20.2. The maximum Gasteiger partial charge on any atom is 0.243 e. The largest absolute Gasteiger partial charge is 0.352 e. The molecule has 0 heterocycles. The summed E-state index contributed by atoms with van der Waals surface area (Å²) < 4.78 is 14.0. The van der Waals surface area contributed by atoms with Gasteiger partial charge in [-0.2, -0.15) is 0 Å². The van der Waals surface area contributed by atoms with E-state index >= 15 is 0 Å². The van der Waals surface area contributed by atoms with Crippen LogP contribution < -0.4 is 5.32 Å². The van der Waals surface area contributed by atoms with E-state index in [1.165, 1.54) is 17.8 Å².